The average molecular weight is 384 g/mol. The van der Waals surface area contributed by atoms with Crippen molar-refractivity contribution >= 4 is 29.9 Å². The van der Waals surface area contributed by atoms with Crippen LogP contribution in [0.3, 0.4) is 0 Å². The fourth-order valence-electron chi connectivity index (χ4n) is 1.69. The number of aliphatic imine (C=N–C) groups is 1. The van der Waals surface area contributed by atoms with E-state index in [4.69, 9.17) is 0 Å². The number of hydrogen-bond donors (Lipinski definition) is 2. The topological polar surface area (TPSA) is 39.7 Å². The van der Waals surface area contributed by atoms with E-state index >= 15 is 0 Å². The van der Waals surface area contributed by atoms with Crippen molar-refractivity contribution in [1.82, 2.24) is 15.5 Å². The molecule has 0 aliphatic rings. The second-order valence-electron chi connectivity index (χ2n) is 5.67. The van der Waals surface area contributed by atoms with Gasteiger partial charge in [-0.15, -0.1) is 24.0 Å². The molecule has 0 aromatic rings. The van der Waals surface area contributed by atoms with Gasteiger partial charge in [0.25, 0.3) is 0 Å². The van der Waals surface area contributed by atoms with Crippen molar-refractivity contribution in [2.45, 2.75) is 46.1 Å². The molecule has 1 atom stereocenters. The standard InChI is InChI=1S/C14H32N4.HI/c1-12(2)8-9-13(3)17-14(15-4)16-10-7-11-18(5)6;/h12-13H,7-11H2,1-6H3,(H2,15,16,17);1H. The highest BCUT2D eigenvalue weighted by Gasteiger charge is 2.05. The van der Waals surface area contributed by atoms with Crippen LogP contribution < -0.4 is 10.6 Å². The van der Waals surface area contributed by atoms with E-state index in [1.54, 1.807) is 0 Å². The molecule has 0 radical (unpaired) electrons. The molecule has 0 aliphatic carbocycles. The molecule has 2 N–H and O–H groups in total. The predicted octanol–water partition coefficient (Wildman–Crippen LogP) is 2.55. The minimum atomic E-state index is 0. The lowest BCUT2D eigenvalue weighted by Crippen LogP contribution is -2.43. The summed E-state index contributed by atoms with van der Waals surface area (Å²) in [5.41, 5.74) is 0. The minimum absolute atomic E-state index is 0. The van der Waals surface area contributed by atoms with E-state index in [-0.39, 0.29) is 24.0 Å². The van der Waals surface area contributed by atoms with Crippen molar-refractivity contribution in [2.24, 2.45) is 10.9 Å². The van der Waals surface area contributed by atoms with Gasteiger partial charge in [-0.25, -0.2) is 0 Å². The third kappa shape index (κ3) is 14.2. The molecule has 4 nitrogen and oxygen atoms in total. The van der Waals surface area contributed by atoms with Crippen molar-refractivity contribution < 1.29 is 0 Å². The van der Waals surface area contributed by atoms with Crippen LogP contribution in [-0.2, 0) is 0 Å². The first kappa shape index (κ1) is 21.3. The Morgan fingerprint density at radius 2 is 1.79 bits per heavy atom. The molecule has 0 fully saturated rings. The Kier molecular flexibility index (Phi) is 14.5. The van der Waals surface area contributed by atoms with Gasteiger partial charge in [-0.1, -0.05) is 13.8 Å². The van der Waals surface area contributed by atoms with E-state index in [1.807, 2.05) is 7.05 Å². The van der Waals surface area contributed by atoms with E-state index in [0.717, 1.165) is 31.4 Å². The molecule has 0 heterocycles. The Balaban J connectivity index is 0. The van der Waals surface area contributed by atoms with Gasteiger partial charge in [0.1, 0.15) is 0 Å². The molecule has 116 valence electrons. The molecular formula is C14H33IN4. The van der Waals surface area contributed by atoms with Crippen LogP contribution in [-0.4, -0.2) is 51.1 Å². The fourth-order valence-corrected chi connectivity index (χ4v) is 1.69. The third-order valence-electron chi connectivity index (χ3n) is 2.86. The fraction of sp³-hybridized carbons (Fsp3) is 0.929. The highest BCUT2D eigenvalue weighted by Crippen LogP contribution is 2.06. The molecule has 0 aromatic heterocycles. The smallest absolute Gasteiger partial charge is 0.191 e. The molecule has 0 saturated carbocycles. The minimum Gasteiger partial charge on any atom is -0.356 e. The van der Waals surface area contributed by atoms with Crippen LogP contribution in [0.15, 0.2) is 4.99 Å². The molecule has 0 bridgehead atoms. The first-order valence-corrected chi connectivity index (χ1v) is 7.07. The zero-order chi connectivity index (χ0) is 14.0. The molecule has 1 unspecified atom stereocenters. The highest BCUT2D eigenvalue weighted by atomic mass is 127. The van der Waals surface area contributed by atoms with E-state index < -0.39 is 0 Å². The number of nitrogens with one attached hydrogen (secondary N) is 2. The van der Waals surface area contributed by atoms with Gasteiger partial charge in [0.15, 0.2) is 5.96 Å². The summed E-state index contributed by atoms with van der Waals surface area (Å²) in [6, 6.07) is 0.479. The highest BCUT2D eigenvalue weighted by molar-refractivity contribution is 14.0. The van der Waals surface area contributed by atoms with Gasteiger partial charge in [0.05, 0.1) is 0 Å². The molecular weight excluding hydrogens is 351 g/mol. The van der Waals surface area contributed by atoms with Crippen molar-refractivity contribution in [1.29, 1.82) is 0 Å². The zero-order valence-electron chi connectivity index (χ0n) is 13.5. The van der Waals surface area contributed by atoms with Gasteiger partial charge in [0.2, 0.25) is 0 Å². The lowest BCUT2D eigenvalue weighted by Gasteiger charge is -2.19. The molecule has 0 amide bonds. The lowest BCUT2D eigenvalue weighted by atomic mass is 10.0. The Labute approximate surface area is 136 Å². The summed E-state index contributed by atoms with van der Waals surface area (Å²) in [5, 5.41) is 6.79. The van der Waals surface area contributed by atoms with E-state index in [9.17, 15) is 0 Å². The molecule has 19 heavy (non-hydrogen) atoms. The van der Waals surface area contributed by atoms with Gasteiger partial charge >= 0.3 is 0 Å². The Bertz CT molecular complexity index is 229. The first-order chi connectivity index (χ1) is 8.45. The molecule has 0 saturated heterocycles. The number of guanidine groups is 1. The van der Waals surface area contributed by atoms with Crippen molar-refractivity contribution in [3.8, 4) is 0 Å². The lowest BCUT2D eigenvalue weighted by molar-refractivity contribution is 0.399. The van der Waals surface area contributed by atoms with Crippen LogP contribution in [0.4, 0.5) is 0 Å². The number of hydrogen-bond acceptors (Lipinski definition) is 2. The Morgan fingerprint density at radius 3 is 2.26 bits per heavy atom. The van der Waals surface area contributed by atoms with Crippen LogP contribution in [0.2, 0.25) is 0 Å². The van der Waals surface area contributed by atoms with Gasteiger partial charge in [-0.3, -0.25) is 4.99 Å². The van der Waals surface area contributed by atoms with Crippen molar-refractivity contribution in [3.63, 3.8) is 0 Å². The largest absolute Gasteiger partial charge is 0.356 e. The zero-order valence-corrected chi connectivity index (χ0v) is 15.8. The van der Waals surface area contributed by atoms with E-state index in [2.05, 4.69) is 55.4 Å². The number of rotatable bonds is 8. The summed E-state index contributed by atoms with van der Waals surface area (Å²) in [6.07, 6.45) is 3.58. The number of nitrogens with zero attached hydrogens (tertiary/aromatic N) is 2. The number of halogens is 1. The van der Waals surface area contributed by atoms with Crippen molar-refractivity contribution in [3.05, 3.63) is 0 Å². The van der Waals surface area contributed by atoms with Crippen LogP contribution in [0.5, 0.6) is 0 Å². The third-order valence-corrected chi connectivity index (χ3v) is 2.86. The molecule has 0 spiro atoms. The van der Waals surface area contributed by atoms with Crippen LogP contribution in [0.1, 0.15) is 40.0 Å². The van der Waals surface area contributed by atoms with Gasteiger partial charge in [0, 0.05) is 19.6 Å². The summed E-state index contributed by atoms with van der Waals surface area (Å²) >= 11 is 0. The van der Waals surface area contributed by atoms with Gasteiger partial charge < -0.3 is 15.5 Å². The maximum Gasteiger partial charge on any atom is 0.191 e. The normalized spacial score (nSPS) is 13.4. The van der Waals surface area contributed by atoms with Crippen LogP contribution >= 0.6 is 24.0 Å². The summed E-state index contributed by atoms with van der Waals surface area (Å²) in [5.74, 6) is 1.69. The first-order valence-electron chi connectivity index (χ1n) is 7.07. The summed E-state index contributed by atoms with van der Waals surface area (Å²) in [4.78, 5) is 6.45. The van der Waals surface area contributed by atoms with E-state index in [0.29, 0.717) is 6.04 Å². The monoisotopic (exact) mass is 384 g/mol. The maximum absolute atomic E-state index is 4.25. The predicted molar refractivity (Wildman–Crippen MR) is 96.6 cm³/mol. The molecule has 0 aliphatic heterocycles. The Morgan fingerprint density at radius 1 is 1.16 bits per heavy atom. The summed E-state index contributed by atoms with van der Waals surface area (Å²) in [6.45, 7) is 8.82. The average Bonchev–Trinajstić information content (AvgIpc) is 2.30. The van der Waals surface area contributed by atoms with Crippen LogP contribution in [0.25, 0.3) is 0 Å². The Hall–Kier alpha value is -0.0400. The second kappa shape index (κ2) is 13.0. The SMILES string of the molecule is CN=C(NCCCN(C)C)NC(C)CCC(C)C.I. The quantitative estimate of drug-likeness (QED) is 0.293. The van der Waals surface area contributed by atoms with Gasteiger partial charge in [-0.2, -0.15) is 0 Å². The summed E-state index contributed by atoms with van der Waals surface area (Å²) in [7, 11) is 6.03. The maximum atomic E-state index is 4.25. The van der Waals surface area contributed by atoms with Gasteiger partial charge in [-0.05, 0) is 52.7 Å². The van der Waals surface area contributed by atoms with Crippen LogP contribution in [0, 0.1) is 5.92 Å². The van der Waals surface area contributed by atoms with Crippen molar-refractivity contribution in [2.75, 3.05) is 34.2 Å². The molecule has 0 aromatic carbocycles. The second-order valence-corrected chi connectivity index (χ2v) is 5.67. The van der Waals surface area contributed by atoms with E-state index in [1.165, 1.54) is 12.8 Å². The molecule has 0 rings (SSSR count). The summed E-state index contributed by atoms with van der Waals surface area (Å²) < 4.78 is 0. The molecule has 5 heteroatoms.